The summed E-state index contributed by atoms with van der Waals surface area (Å²) in [7, 11) is -2.88. The van der Waals surface area contributed by atoms with Crippen LogP contribution in [-0.4, -0.2) is 49.4 Å². The van der Waals surface area contributed by atoms with Crippen molar-refractivity contribution in [2.45, 2.75) is 44.7 Å². The predicted molar refractivity (Wildman–Crippen MR) is 68.7 cm³/mol. The topological polar surface area (TPSA) is 75.8 Å². The van der Waals surface area contributed by atoms with Gasteiger partial charge in [0, 0.05) is 12.6 Å². The van der Waals surface area contributed by atoms with E-state index < -0.39 is 9.84 Å². The van der Waals surface area contributed by atoms with Crippen molar-refractivity contribution in [3.05, 3.63) is 0 Å². The third kappa shape index (κ3) is 3.12. The molecule has 1 unspecified atom stereocenters. The third-order valence-electron chi connectivity index (χ3n) is 3.60. The molecule has 1 atom stereocenters. The van der Waals surface area contributed by atoms with Crippen LogP contribution >= 0.6 is 0 Å². The van der Waals surface area contributed by atoms with Crippen molar-refractivity contribution in [3.8, 4) is 0 Å². The van der Waals surface area contributed by atoms with Crippen LogP contribution in [-0.2, 0) is 9.84 Å². The van der Waals surface area contributed by atoms with Crippen LogP contribution in [0.5, 0.6) is 0 Å². The van der Waals surface area contributed by atoms with Crippen LogP contribution in [0.2, 0.25) is 0 Å². The lowest BCUT2D eigenvalue weighted by molar-refractivity contribution is 0.346. The Morgan fingerprint density at radius 2 is 2.00 bits per heavy atom. The molecule has 1 saturated carbocycles. The molecule has 1 aliphatic heterocycles. The quantitative estimate of drug-likeness (QED) is 0.545. The monoisotopic (exact) mass is 259 g/mol. The van der Waals surface area contributed by atoms with Gasteiger partial charge in [-0.05, 0) is 19.8 Å². The van der Waals surface area contributed by atoms with Crippen molar-refractivity contribution in [3.63, 3.8) is 0 Å². The molecule has 2 rings (SSSR count). The fraction of sp³-hybridized carbons (Fsp3) is 0.909. The second-order valence-electron chi connectivity index (χ2n) is 5.08. The van der Waals surface area contributed by atoms with Gasteiger partial charge in [0.1, 0.15) is 0 Å². The van der Waals surface area contributed by atoms with Crippen molar-refractivity contribution >= 4 is 15.8 Å². The molecular formula is C11H21N3O2S. The van der Waals surface area contributed by atoms with E-state index in [1.807, 2.05) is 11.8 Å². The highest BCUT2D eigenvalue weighted by molar-refractivity contribution is 7.91. The standard InChI is InChI=1S/C11H21N3O2S/c1-9-8-17(15,16)7-6-14(9)11(12)13-10-4-2-3-5-10/h9-10H,2-8H2,1H3,(H2,12,13). The van der Waals surface area contributed by atoms with Crippen LogP contribution in [0.3, 0.4) is 0 Å². The first-order chi connectivity index (χ1) is 7.98. The molecule has 1 saturated heterocycles. The first-order valence-electron chi connectivity index (χ1n) is 6.28. The SMILES string of the molecule is CC1CS(=O)(=O)CCN1C(N)=NC1CCCC1. The first kappa shape index (κ1) is 12.7. The zero-order chi connectivity index (χ0) is 12.5. The molecule has 17 heavy (non-hydrogen) atoms. The molecule has 5 nitrogen and oxygen atoms in total. The van der Waals surface area contributed by atoms with E-state index >= 15 is 0 Å². The van der Waals surface area contributed by atoms with Crippen LogP contribution in [0.15, 0.2) is 4.99 Å². The largest absolute Gasteiger partial charge is 0.370 e. The molecule has 0 aromatic carbocycles. The van der Waals surface area contributed by atoms with Crippen molar-refractivity contribution < 1.29 is 8.42 Å². The molecule has 0 aromatic rings. The van der Waals surface area contributed by atoms with Crippen molar-refractivity contribution in [1.29, 1.82) is 0 Å². The number of guanidine groups is 1. The maximum Gasteiger partial charge on any atom is 0.191 e. The molecule has 2 fully saturated rings. The Balaban J connectivity index is 2.02. The summed E-state index contributed by atoms with van der Waals surface area (Å²) in [6, 6.07) is 0.291. The van der Waals surface area contributed by atoms with Gasteiger partial charge < -0.3 is 10.6 Å². The van der Waals surface area contributed by atoms with Crippen LogP contribution in [0.4, 0.5) is 0 Å². The Kier molecular flexibility index (Phi) is 3.61. The molecule has 2 N–H and O–H groups in total. The summed E-state index contributed by atoms with van der Waals surface area (Å²) < 4.78 is 22.9. The van der Waals surface area contributed by atoms with Crippen molar-refractivity contribution in [2.75, 3.05) is 18.1 Å². The molecule has 98 valence electrons. The van der Waals surface area contributed by atoms with Gasteiger partial charge in [-0.25, -0.2) is 13.4 Å². The van der Waals surface area contributed by atoms with Crippen LogP contribution in [0.25, 0.3) is 0 Å². The van der Waals surface area contributed by atoms with Crippen LogP contribution < -0.4 is 5.73 Å². The molecule has 0 bridgehead atoms. The fourth-order valence-corrected chi connectivity index (χ4v) is 4.19. The van der Waals surface area contributed by atoms with E-state index in [0.29, 0.717) is 18.5 Å². The number of rotatable bonds is 1. The van der Waals surface area contributed by atoms with E-state index in [1.54, 1.807) is 0 Å². The van der Waals surface area contributed by atoms with Crippen molar-refractivity contribution in [2.24, 2.45) is 10.7 Å². The molecule has 1 aliphatic carbocycles. The second-order valence-corrected chi connectivity index (χ2v) is 7.31. The molecule has 0 aromatic heterocycles. The summed E-state index contributed by atoms with van der Waals surface area (Å²) in [4.78, 5) is 6.45. The van der Waals surface area contributed by atoms with E-state index in [-0.39, 0.29) is 17.5 Å². The maximum atomic E-state index is 11.5. The second kappa shape index (κ2) is 4.84. The lowest BCUT2D eigenvalue weighted by atomic mass is 10.3. The fourth-order valence-electron chi connectivity index (χ4n) is 2.63. The number of aliphatic imine (C=N–C) groups is 1. The molecular weight excluding hydrogens is 238 g/mol. The number of hydrogen-bond acceptors (Lipinski definition) is 3. The van der Waals surface area contributed by atoms with Gasteiger partial charge in [0.25, 0.3) is 0 Å². The predicted octanol–water partition coefficient (Wildman–Crippen LogP) is 0.363. The highest BCUT2D eigenvalue weighted by Gasteiger charge is 2.29. The molecule has 0 spiro atoms. The van der Waals surface area contributed by atoms with Gasteiger partial charge in [0.15, 0.2) is 15.8 Å². The van der Waals surface area contributed by atoms with E-state index in [2.05, 4.69) is 4.99 Å². The van der Waals surface area contributed by atoms with E-state index in [0.717, 1.165) is 12.8 Å². The third-order valence-corrected chi connectivity index (χ3v) is 5.40. The van der Waals surface area contributed by atoms with Gasteiger partial charge in [0.05, 0.1) is 17.5 Å². The highest BCUT2D eigenvalue weighted by Crippen LogP contribution is 2.21. The number of nitrogens with two attached hydrogens (primary N) is 1. The molecule has 0 radical (unpaired) electrons. The Bertz CT molecular complexity index is 399. The van der Waals surface area contributed by atoms with Crippen molar-refractivity contribution in [1.82, 2.24) is 4.90 Å². The minimum atomic E-state index is -2.88. The van der Waals surface area contributed by atoms with Crippen LogP contribution in [0.1, 0.15) is 32.6 Å². The minimum Gasteiger partial charge on any atom is -0.370 e. The summed E-state index contributed by atoms with van der Waals surface area (Å²) in [6.07, 6.45) is 4.68. The van der Waals surface area contributed by atoms with Gasteiger partial charge >= 0.3 is 0 Å². The van der Waals surface area contributed by atoms with Gasteiger partial charge in [0.2, 0.25) is 0 Å². The average molecular weight is 259 g/mol. The summed E-state index contributed by atoms with van der Waals surface area (Å²) in [5.41, 5.74) is 5.99. The van der Waals surface area contributed by atoms with Gasteiger partial charge in [-0.1, -0.05) is 12.8 Å². The average Bonchev–Trinajstić information content (AvgIpc) is 2.68. The Labute approximate surface area is 103 Å². The molecule has 0 amide bonds. The van der Waals surface area contributed by atoms with Gasteiger partial charge in [-0.2, -0.15) is 0 Å². The summed E-state index contributed by atoms with van der Waals surface area (Å²) in [6.45, 7) is 2.37. The zero-order valence-corrected chi connectivity index (χ0v) is 11.1. The van der Waals surface area contributed by atoms with Crippen LogP contribution in [0, 0.1) is 0 Å². The summed E-state index contributed by atoms with van der Waals surface area (Å²) in [5.74, 6) is 0.908. The zero-order valence-electron chi connectivity index (χ0n) is 10.3. The Hall–Kier alpha value is -0.780. The molecule has 1 heterocycles. The number of sulfone groups is 1. The van der Waals surface area contributed by atoms with E-state index in [1.165, 1.54) is 12.8 Å². The lowest BCUT2D eigenvalue weighted by Gasteiger charge is -2.34. The highest BCUT2D eigenvalue weighted by atomic mass is 32.2. The van der Waals surface area contributed by atoms with Gasteiger partial charge in [-0.15, -0.1) is 0 Å². The summed E-state index contributed by atoms with van der Waals surface area (Å²) >= 11 is 0. The molecule has 6 heteroatoms. The molecule has 2 aliphatic rings. The van der Waals surface area contributed by atoms with Gasteiger partial charge in [-0.3, -0.25) is 0 Å². The first-order valence-corrected chi connectivity index (χ1v) is 8.10. The summed E-state index contributed by atoms with van der Waals surface area (Å²) in [5, 5.41) is 0. The maximum absolute atomic E-state index is 11.5. The Morgan fingerprint density at radius 3 is 2.59 bits per heavy atom. The Morgan fingerprint density at radius 1 is 1.35 bits per heavy atom. The number of hydrogen-bond donors (Lipinski definition) is 1. The lowest BCUT2D eigenvalue weighted by Crippen LogP contribution is -2.52. The minimum absolute atomic E-state index is 0.0566. The van der Waals surface area contributed by atoms with E-state index in [4.69, 9.17) is 5.73 Å². The smallest absolute Gasteiger partial charge is 0.191 e. The normalized spacial score (nSPS) is 30.8. The number of nitrogens with zero attached hydrogens (tertiary/aromatic N) is 2. The van der Waals surface area contributed by atoms with E-state index in [9.17, 15) is 8.42 Å².